The van der Waals surface area contributed by atoms with Crippen molar-refractivity contribution in [2.75, 3.05) is 19.6 Å². The number of alkyl halides is 1. The van der Waals surface area contributed by atoms with Crippen LogP contribution in [0.25, 0.3) is 0 Å². The van der Waals surface area contributed by atoms with E-state index in [0.717, 1.165) is 38.9 Å². The highest BCUT2D eigenvalue weighted by Gasteiger charge is 2.54. The Kier molecular flexibility index (Phi) is 4.76. The number of fused-ring (bicyclic) bond motifs is 2. The molecule has 5 N–H and O–H groups in total. The molecule has 27 heavy (non-hydrogen) atoms. The molecule has 2 bridgehead atoms. The largest absolute Gasteiger partial charge is 0.373 e. The number of urea groups is 1. The molecule has 5 aliphatic rings. The number of carbonyl (C=O) groups is 1. The van der Waals surface area contributed by atoms with Crippen molar-refractivity contribution in [3.05, 3.63) is 0 Å². The first-order valence-corrected chi connectivity index (χ1v) is 10.5. The van der Waals surface area contributed by atoms with Gasteiger partial charge in [0.15, 0.2) is 0 Å². The van der Waals surface area contributed by atoms with E-state index in [0.29, 0.717) is 6.42 Å². The molecule has 0 aromatic carbocycles. The number of nitrogens with zero attached hydrogens (tertiary/aromatic N) is 1. The van der Waals surface area contributed by atoms with E-state index in [2.05, 4.69) is 33.5 Å². The average Bonchev–Trinajstić information content (AvgIpc) is 2.97. The Balaban J connectivity index is 1.49. The molecule has 5 saturated heterocycles. The maximum atomic E-state index is 15.2. The van der Waals surface area contributed by atoms with Crippen LogP contribution in [0.2, 0.25) is 0 Å². The number of ether oxygens (including phenoxy) is 1. The summed E-state index contributed by atoms with van der Waals surface area (Å²) in [5, 5.41) is 17.0. The van der Waals surface area contributed by atoms with Crippen LogP contribution in [0, 0.1) is 0 Å². The highest BCUT2D eigenvalue weighted by Crippen LogP contribution is 2.32. The predicted molar refractivity (Wildman–Crippen MR) is 97.9 cm³/mol. The van der Waals surface area contributed by atoms with Gasteiger partial charge in [-0.15, -0.1) is 0 Å². The number of hydrogen-bond acceptors (Lipinski definition) is 6. The third-order valence-corrected chi connectivity index (χ3v) is 6.93. The zero-order valence-electron chi connectivity index (χ0n) is 15.8. The smallest absolute Gasteiger partial charge is 0.320 e. The van der Waals surface area contributed by atoms with E-state index in [4.69, 9.17) is 4.74 Å². The molecule has 0 aliphatic carbocycles. The standard InChI is InChI=1S/C18H31FN6O2/c1-9-2-5-20-11-3-6-21-12-8-10(19)17(23-14(11)12)25-15-13(27-9)4-7-22-16(15)24-18(25)26/h9-17,20-23H,2-8H2,1H3,(H,24,26)/t9-,10?,11?,12?,13?,14?,15?,16?,17?/m1/s1. The van der Waals surface area contributed by atoms with Gasteiger partial charge in [-0.05, 0) is 52.2 Å². The van der Waals surface area contributed by atoms with Crippen molar-refractivity contribution in [1.29, 1.82) is 0 Å². The fourth-order valence-corrected chi connectivity index (χ4v) is 5.64. The molecule has 5 fully saturated rings. The minimum Gasteiger partial charge on any atom is -0.373 e. The van der Waals surface area contributed by atoms with Crippen molar-refractivity contribution in [2.24, 2.45) is 0 Å². The summed E-state index contributed by atoms with van der Waals surface area (Å²) >= 11 is 0. The topological polar surface area (TPSA) is 89.7 Å². The second kappa shape index (κ2) is 7.11. The number of hydrogen-bond donors (Lipinski definition) is 5. The third kappa shape index (κ3) is 3.13. The second-order valence-corrected chi connectivity index (χ2v) is 8.64. The lowest BCUT2D eigenvalue weighted by molar-refractivity contribution is -0.0838. The van der Waals surface area contributed by atoms with Gasteiger partial charge in [-0.3, -0.25) is 15.5 Å². The zero-order chi connectivity index (χ0) is 18.5. The lowest BCUT2D eigenvalue weighted by Gasteiger charge is -2.51. The summed E-state index contributed by atoms with van der Waals surface area (Å²) in [6, 6.07) is 0.0988. The number of piperidine rings is 3. The van der Waals surface area contributed by atoms with E-state index in [-0.39, 0.29) is 48.6 Å². The molecule has 8 nitrogen and oxygen atoms in total. The molecule has 152 valence electrons. The minimum absolute atomic E-state index is 0.0865. The first-order chi connectivity index (χ1) is 13.1. The summed E-state index contributed by atoms with van der Waals surface area (Å²) in [7, 11) is 0. The molecule has 0 saturated carbocycles. The zero-order valence-corrected chi connectivity index (χ0v) is 15.8. The van der Waals surface area contributed by atoms with E-state index in [1.807, 2.05) is 0 Å². The Morgan fingerprint density at radius 2 is 1.85 bits per heavy atom. The first-order valence-electron chi connectivity index (χ1n) is 10.5. The highest BCUT2D eigenvalue weighted by molar-refractivity contribution is 5.78. The van der Waals surface area contributed by atoms with Crippen molar-refractivity contribution in [3.8, 4) is 0 Å². The Bertz CT molecular complexity index is 582. The Hall–Kier alpha value is -1.00. The minimum atomic E-state index is -1.11. The number of carbonyl (C=O) groups excluding carboxylic acids is 1. The number of amides is 2. The van der Waals surface area contributed by atoms with Crippen LogP contribution in [0.15, 0.2) is 0 Å². The maximum Gasteiger partial charge on any atom is 0.320 e. The summed E-state index contributed by atoms with van der Waals surface area (Å²) in [6.07, 6.45) is 1.28. The Labute approximate surface area is 159 Å². The number of halogens is 1. The highest BCUT2D eigenvalue weighted by atomic mass is 19.1. The lowest BCUT2D eigenvalue weighted by Crippen LogP contribution is -2.74. The van der Waals surface area contributed by atoms with Crippen LogP contribution < -0.4 is 26.6 Å². The van der Waals surface area contributed by atoms with E-state index < -0.39 is 12.3 Å². The monoisotopic (exact) mass is 382 g/mol. The molecular weight excluding hydrogens is 351 g/mol. The SMILES string of the molecule is C[C@@H]1CCNC2CCNC3CC(F)C(NC23)N2C(=O)NC3NCCC(O1)C32. The summed E-state index contributed by atoms with van der Waals surface area (Å²) in [6.45, 7) is 4.67. The van der Waals surface area contributed by atoms with Crippen LogP contribution in [-0.2, 0) is 4.74 Å². The van der Waals surface area contributed by atoms with Crippen molar-refractivity contribution in [1.82, 2.24) is 31.5 Å². The van der Waals surface area contributed by atoms with Gasteiger partial charge in [0.25, 0.3) is 0 Å². The quantitative estimate of drug-likeness (QED) is 0.378. The maximum absolute atomic E-state index is 15.2. The van der Waals surface area contributed by atoms with Gasteiger partial charge in [0.2, 0.25) is 0 Å². The molecule has 9 atom stereocenters. The molecule has 9 heteroatoms. The lowest BCUT2D eigenvalue weighted by atomic mass is 9.84. The fraction of sp³-hybridized carbons (Fsp3) is 0.944. The van der Waals surface area contributed by atoms with Gasteiger partial charge < -0.3 is 20.7 Å². The first kappa shape index (κ1) is 18.1. The summed E-state index contributed by atoms with van der Waals surface area (Å²) in [4.78, 5) is 14.5. The Morgan fingerprint density at radius 1 is 1.07 bits per heavy atom. The fourth-order valence-electron chi connectivity index (χ4n) is 5.64. The molecule has 5 rings (SSSR count). The van der Waals surface area contributed by atoms with Crippen LogP contribution in [0.3, 0.4) is 0 Å². The summed E-state index contributed by atoms with van der Waals surface area (Å²) in [5.41, 5.74) is 0. The van der Waals surface area contributed by atoms with E-state index >= 15 is 4.39 Å². The van der Waals surface area contributed by atoms with Gasteiger partial charge in [-0.2, -0.15) is 0 Å². The van der Waals surface area contributed by atoms with E-state index in [1.165, 1.54) is 0 Å². The Morgan fingerprint density at radius 3 is 2.74 bits per heavy atom. The van der Waals surface area contributed by atoms with Crippen LogP contribution in [0.5, 0.6) is 0 Å². The van der Waals surface area contributed by atoms with Crippen LogP contribution in [0.4, 0.5) is 9.18 Å². The van der Waals surface area contributed by atoms with Crippen molar-refractivity contribution < 1.29 is 13.9 Å². The molecule has 0 aromatic heterocycles. The van der Waals surface area contributed by atoms with E-state index in [1.54, 1.807) is 4.90 Å². The number of nitrogens with one attached hydrogen (secondary N) is 5. The number of rotatable bonds is 0. The van der Waals surface area contributed by atoms with Crippen LogP contribution in [-0.4, -0.2) is 85.4 Å². The van der Waals surface area contributed by atoms with E-state index in [9.17, 15) is 4.79 Å². The van der Waals surface area contributed by atoms with Gasteiger partial charge in [0, 0.05) is 18.1 Å². The molecule has 5 heterocycles. The van der Waals surface area contributed by atoms with Gasteiger partial charge in [-0.25, -0.2) is 9.18 Å². The summed E-state index contributed by atoms with van der Waals surface area (Å²) < 4.78 is 21.6. The summed E-state index contributed by atoms with van der Waals surface area (Å²) in [5.74, 6) is 0. The van der Waals surface area contributed by atoms with Gasteiger partial charge >= 0.3 is 6.03 Å². The second-order valence-electron chi connectivity index (χ2n) is 8.64. The van der Waals surface area contributed by atoms with Crippen molar-refractivity contribution in [2.45, 2.75) is 87.5 Å². The van der Waals surface area contributed by atoms with Crippen molar-refractivity contribution >= 4 is 6.03 Å². The van der Waals surface area contributed by atoms with Gasteiger partial charge in [0.05, 0.1) is 18.2 Å². The normalized spacial score (nSPS) is 50.2. The molecule has 0 radical (unpaired) electrons. The third-order valence-electron chi connectivity index (χ3n) is 6.93. The molecule has 0 spiro atoms. The van der Waals surface area contributed by atoms with Crippen molar-refractivity contribution in [3.63, 3.8) is 0 Å². The molecule has 5 aliphatic heterocycles. The molecule has 8 unspecified atom stereocenters. The van der Waals surface area contributed by atoms with Crippen LogP contribution in [0.1, 0.15) is 32.6 Å². The van der Waals surface area contributed by atoms with Gasteiger partial charge in [-0.1, -0.05) is 0 Å². The predicted octanol–water partition coefficient (Wildman–Crippen LogP) is -0.777. The molecule has 0 aromatic rings. The average molecular weight is 382 g/mol. The molecule has 2 amide bonds. The van der Waals surface area contributed by atoms with Crippen LogP contribution >= 0.6 is 0 Å². The molecular formula is C18H31FN6O2. The van der Waals surface area contributed by atoms with Gasteiger partial charge in [0.1, 0.15) is 18.5 Å².